The monoisotopic (exact) mass is 311 g/mol. The van der Waals surface area contributed by atoms with Gasteiger partial charge in [-0.2, -0.15) is 5.10 Å². The zero-order valence-electron chi connectivity index (χ0n) is 8.94. The van der Waals surface area contributed by atoms with Gasteiger partial charge in [0.05, 0.1) is 6.20 Å². The van der Waals surface area contributed by atoms with E-state index in [1.807, 2.05) is 16.3 Å². The lowest BCUT2D eigenvalue weighted by atomic mass is 10.1. The minimum Gasteiger partial charge on any atom is -0.333 e. The molecule has 0 unspecified atom stereocenters. The van der Waals surface area contributed by atoms with Crippen molar-refractivity contribution in [3.8, 4) is 0 Å². The Kier molecular flexibility index (Phi) is 2.76. The number of carbonyl (C=O) groups is 1. The van der Waals surface area contributed by atoms with E-state index in [9.17, 15) is 4.79 Å². The summed E-state index contributed by atoms with van der Waals surface area (Å²) in [7, 11) is 0. The maximum absolute atomic E-state index is 12.3. The topological polar surface area (TPSA) is 49.0 Å². The zero-order chi connectivity index (χ0) is 11.8. The molecule has 1 N–H and O–H groups in total. The fraction of sp³-hybridized carbons (Fsp3) is 0.273. The second-order valence-corrected chi connectivity index (χ2v) is 5.72. The molecule has 0 bridgehead atoms. The van der Waals surface area contributed by atoms with Gasteiger partial charge in [0.25, 0.3) is 5.91 Å². The molecule has 3 rings (SSSR count). The second-order valence-electron chi connectivity index (χ2n) is 3.95. The van der Waals surface area contributed by atoms with E-state index >= 15 is 0 Å². The highest BCUT2D eigenvalue weighted by Crippen LogP contribution is 2.26. The third kappa shape index (κ3) is 1.91. The lowest BCUT2D eigenvalue weighted by Crippen LogP contribution is -2.35. The van der Waals surface area contributed by atoms with E-state index in [1.165, 1.54) is 11.3 Å². The van der Waals surface area contributed by atoms with E-state index < -0.39 is 0 Å². The molecule has 3 heterocycles. The third-order valence-electron chi connectivity index (χ3n) is 2.90. The van der Waals surface area contributed by atoms with E-state index in [1.54, 1.807) is 6.20 Å². The number of nitrogens with zero attached hydrogens (tertiary/aromatic N) is 2. The van der Waals surface area contributed by atoms with Crippen LogP contribution in [0, 0.1) is 0 Å². The molecule has 1 aliphatic heterocycles. The first kappa shape index (κ1) is 11.0. The molecule has 6 heteroatoms. The summed E-state index contributed by atoms with van der Waals surface area (Å²) in [5, 5.41) is 8.90. The number of carbonyl (C=O) groups excluding carboxylic acids is 1. The molecule has 1 amide bonds. The predicted octanol–water partition coefficient (Wildman–Crippen LogP) is 2.43. The van der Waals surface area contributed by atoms with Crippen molar-refractivity contribution in [2.45, 2.75) is 13.0 Å². The summed E-state index contributed by atoms with van der Waals surface area (Å²) in [4.78, 5) is 14.9. The van der Waals surface area contributed by atoms with Gasteiger partial charge in [0.1, 0.15) is 4.88 Å². The summed E-state index contributed by atoms with van der Waals surface area (Å²) >= 11 is 4.88. The first-order valence-corrected chi connectivity index (χ1v) is 6.96. The molecule has 1 aliphatic rings. The number of fused-ring (bicyclic) bond motifs is 1. The number of hydrogen-bond donors (Lipinski definition) is 1. The summed E-state index contributed by atoms with van der Waals surface area (Å²) in [6.07, 6.45) is 2.66. The molecule has 0 spiro atoms. The molecule has 4 nitrogen and oxygen atoms in total. The van der Waals surface area contributed by atoms with E-state index in [0.717, 1.165) is 33.6 Å². The highest BCUT2D eigenvalue weighted by atomic mass is 79.9. The molecular formula is C11H10BrN3OS. The number of amides is 1. The number of rotatable bonds is 1. The summed E-state index contributed by atoms with van der Waals surface area (Å²) in [6.45, 7) is 1.40. The van der Waals surface area contributed by atoms with Gasteiger partial charge in [-0.25, -0.2) is 0 Å². The summed E-state index contributed by atoms with van der Waals surface area (Å²) < 4.78 is 0.880. The number of hydrogen-bond acceptors (Lipinski definition) is 3. The van der Waals surface area contributed by atoms with Crippen LogP contribution in [0.15, 0.2) is 22.1 Å². The fourth-order valence-electron chi connectivity index (χ4n) is 1.99. The van der Waals surface area contributed by atoms with Gasteiger partial charge in [-0.05, 0) is 27.4 Å². The van der Waals surface area contributed by atoms with Gasteiger partial charge < -0.3 is 4.90 Å². The SMILES string of the molecule is O=C(c1sccc1Br)N1CCc2[nH]ncc2C1. The van der Waals surface area contributed by atoms with E-state index in [-0.39, 0.29) is 5.91 Å². The van der Waals surface area contributed by atoms with Crippen LogP contribution in [0.25, 0.3) is 0 Å². The Morgan fingerprint density at radius 3 is 3.24 bits per heavy atom. The molecule has 2 aromatic rings. The lowest BCUT2D eigenvalue weighted by Gasteiger charge is -2.26. The lowest BCUT2D eigenvalue weighted by molar-refractivity contribution is 0.0738. The van der Waals surface area contributed by atoms with Crippen LogP contribution in [0.5, 0.6) is 0 Å². The van der Waals surface area contributed by atoms with Gasteiger partial charge in [-0.15, -0.1) is 11.3 Å². The first-order chi connectivity index (χ1) is 8.25. The van der Waals surface area contributed by atoms with Crippen LogP contribution in [0.3, 0.4) is 0 Å². The van der Waals surface area contributed by atoms with Crippen LogP contribution in [0.2, 0.25) is 0 Å². The van der Waals surface area contributed by atoms with Gasteiger partial charge in [0, 0.05) is 35.2 Å². The molecular weight excluding hydrogens is 302 g/mol. The van der Waals surface area contributed by atoms with E-state index in [2.05, 4.69) is 26.1 Å². The number of nitrogens with one attached hydrogen (secondary N) is 1. The Labute approximate surface area is 111 Å². The molecule has 88 valence electrons. The highest BCUT2D eigenvalue weighted by Gasteiger charge is 2.24. The van der Waals surface area contributed by atoms with Gasteiger partial charge in [0.15, 0.2) is 0 Å². The zero-order valence-corrected chi connectivity index (χ0v) is 11.3. The molecule has 0 saturated heterocycles. The molecule has 0 aromatic carbocycles. The van der Waals surface area contributed by atoms with Gasteiger partial charge in [-0.3, -0.25) is 9.89 Å². The van der Waals surface area contributed by atoms with E-state index in [4.69, 9.17) is 0 Å². The average molecular weight is 312 g/mol. The van der Waals surface area contributed by atoms with Gasteiger partial charge >= 0.3 is 0 Å². The van der Waals surface area contributed by atoms with Crippen LogP contribution in [-0.4, -0.2) is 27.5 Å². The van der Waals surface area contributed by atoms with Crippen LogP contribution in [0.4, 0.5) is 0 Å². The van der Waals surface area contributed by atoms with Crippen LogP contribution >= 0.6 is 27.3 Å². The highest BCUT2D eigenvalue weighted by molar-refractivity contribution is 9.10. The molecule has 0 radical (unpaired) electrons. The Morgan fingerprint density at radius 2 is 2.47 bits per heavy atom. The molecule has 0 saturated carbocycles. The molecule has 17 heavy (non-hydrogen) atoms. The van der Waals surface area contributed by atoms with Crippen molar-refractivity contribution in [3.63, 3.8) is 0 Å². The van der Waals surface area contributed by atoms with Gasteiger partial charge in [0.2, 0.25) is 0 Å². The summed E-state index contributed by atoms with van der Waals surface area (Å²) in [5.41, 5.74) is 2.27. The van der Waals surface area contributed by atoms with Crippen molar-refractivity contribution in [2.24, 2.45) is 0 Å². The van der Waals surface area contributed by atoms with Crippen LogP contribution < -0.4 is 0 Å². The minimum absolute atomic E-state index is 0.0960. The van der Waals surface area contributed by atoms with Crippen molar-refractivity contribution < 1.29 is 4.79 Å². The number of thiophene rings is 1. The van der Waals surface area contributed by atoms with E-state index in [0.29, 0.717) is 6.54 Å². The Hall–Kier alpha value is -1.14. The quantitative estimate of drug-likeness (QED) is 0.879. The molecule has 0 aliphatic carbocycles. The van der Waals surface area contributed by atoms with Crippen molar-refractivity contribution in [2.75, 3.05) is 6.54 Å². The van der Waals surface area contributed by atoms with Crippen molar-refractivity contribution in [1.29, 1.82) is 0 Å². The van der Waals surface area contributed by atoms with Crippen LogP contribution in [-0.2, 0) is 13.0 Å². The number of aromatic nitrogens is 2. The predicted molar refractivity (Wildman–Crippen MR) is 69.1 cm³/mol. The molecule has 0 fully saturated rings. The second kappa shape index (κ2) is 4.27. The maximum Gasteiger partial charge on any atom is 0.265 e. The van der Waals surface area contributed by atoms with Crippen molar-refractivity contribution in [1.82, 2.24) is 15.1 Å². The number of halogens is 1. The normalized spacial score (nSPS) is 14.8. The Morgan fingerprint density at radius 1 is 1.59 bits per heavy atom. The Balaban J connectivity index is 1.84. The molecule has 0 atom stereocenters. The van der Waals surface area contributed by atoms with Crippen molar-refractivity contribution >= 4 is 33.2 Å². The smallest absolute Gasteiger partial charge is 0.265 e. The summed E-state index contributed by atoms with van der Waals surface area (Å²) in [6, 6.07) is 1.91. The van der Waals surface area contributed by atoms with Crippen LogP contribution in [0.1, 0.15) is 20.9 Å². The summed E-state index contributed by atoms with van der Waals surface area (Å²) in [5.74, 6) is 0.0960. The standard InChI is InChI=1S/C11H10BrN3OS/c12-8-2-4-17-10(8)11(16)15-3-1-9-7(6-15)5-13-14-9/h2,4-5H,1,3,6H2,(H,13,14). The molecule has 2 aromatic heterocycles. The minimum atomic E-state index is 0.0960. The average Bonchev–Trinajstić information content (AvgIpc) is 2.95. The van der Waals surface area contributed by atoms with Crippen molar-refractivity contribution in [3.05, 3.63) is 38.3 Å². The maximum atomic E-state index is 12.3. The fourth-order valence-corrected chi connectivity index (χ4v) is 3.49. The first-order valence-electron chi connectivity index (χ1n) is 5.29. The number of H-pyrrole nitrogens is 1. The largest absolute Gasteiger partial charge is 0.333 e. The third-order valence-corrected chi connectivity index (χ3v) is 4.72. The van der Waals surface area contributed by atoms with Gasteiger partial charge in [-0.1, -0.05) is 0 Å². The Bertz CT molecular complexity index is 563. The number of aromatic amines is 1.